The lowest BCUT2D eigenvalue weighted by atomic mass is 10.1. The van der Waals surface area contributed by atoms with Crippen molar-refractivity contribution in [1.29, 1.82) is 0 Å². The van der Waals surface area contributed by atoms with Gasteiger partial charge in [-0.15, -0.1) is 20.4 Å². The highest BCUT2D eigenvalue weighted by Gasteiger charge is 2.09. The van der Waals surface area contributed by atoms with Crippen LogP contribution in [0, 0.1) is 0 Å². The van der Waals surface area contributed by atoms with Crippen LogP contribution in [0.15, 0.2) is 55.1 Å². The van der Waals surface area contributed by atoms with Crippen molar-refractivity contribution in [3.63, 3.8) is 0 Å². The van der Waals surface area contributed by atoms with Crippen molar-refractivity contribution in [2.75, 3.05) is 0 Å². The van der Waals surface area contributed by atoms with Crippen LogP contribution in [0.2, 0.25) is 0 Å². The molecule has 0 radical (unpaired) electrons. The molecule has 0 aliphatic heterocycles. The van der Waals surface area contributed by atoms with Crippen molar-refractivity contribution in [3.05, 3.63) is 66.2 Å². The molecular weight excluding hydrogens is 316 g/mol. The molecule has 0 saturated heterocycles. The van der Waals surface area contributed by atoms with Gasteiger partial charge in [-0.05, 0) is 27.6 Å². The van der Waals surface area contributed by atoms with Gasteiger partial charge in [0.2, 0.25) is 11.6 Å². The number of aromatic nitrogens is 8. The minimum absolute atomic E-state index is 0.525. The van der Waals surface area contributed by atoms with Crippen molar-refractivity contribution in [2.24, 2.45) is 0 Å². The van der Waals surface area contributed by atoms with E-state index in [1.807, 2.05) is 54.6 Å². The predicted molar refractivity (Wildman–Crippen MR) is 92.1 cm³/mol. The molecule has 1 N–H and O–H groups in total. The number of H-pyrrole nitrogens is 1. The van der Waals surface area contributed by atoms with Gasteiger partial charge in [0.15, 0.2) is 0 Å². The van der Waals surface area contributed by atoms with E-state index in [0.29, 0.717) is 18.2 Å². The quantitative estimate of drug-likeness (QED) is 0.602. The van der Waals surface area contributed by atoms with E-state index >= 15 is 0 Å². The lowest BCUT2D eigenvalue weighted by molar-refractivity contribution is 0.573. The smallest absolute Gasteiger partial charge is 0.177 e. The van der Waals surface area contributed by atoms with Crippen LogP contribution >= 0.6 is 0 Å². The van der Waals surface area contributed by atoms with Crippen LogP contribution in [0.4, 0.5) is 0 Å². The van der Waals surface area contributed by atoms with Gasteiger partial charge in [0.05, 0.1) is 6.54 Å². The van der Waals surface area contributed by atoms with Crippen LogP contribution in [0.25, 0.3) is 28.9 Å². The third-order valence-electron chi connectivity index (χ3n) is 3.72. The lowest BCUT2D eigenvalue weighted by Crippen LogP contribution is -2.03. The molecule has 2 heterocycles. The third-order valence-corrected chi connectivity index (χ3v) is 3.72. The fourth-order valence-corrected chi connectivity index (χ4v) is 2.43. The SMILES string of the molecule is C=Cc1ccc(Cn2nnc(-c3cccc(-c4nn[nH]n4)c3)n2)cc1. The number of tetrazole rings is 2. The molecule has 2 aromatic heterocycles. The molecule has 0 atom stereocenters. The lowest BCUT2D eigenvalue weighted by Gasteiger charge is -2.00. The van der Waals surface area contributed by atoms with E-state index in [-0.39, 0.29) is 0 Å². The maximum absolute atomic E-state index is 4.45. The normalized spacial score (nSPS) is 10.7. The first-order chi connectivity index (χ1) is 12.3. The molecule has 25 heavy (non-hydrogen) atoms. The van der Waals surface area contributed by atoms with Gasteiger partial charge in [-0.25, -0.2) is 0 Å². The molecule has 0 spiro atoms. The Labute approximate surface area is 143 Å². The minimum atomic E-state index is 0.525. The van der Waals surface area contributed by atoms with Crippen LogP contribution < -0.4 is 0 Å². The Balaban J connectivity index is 1.56. The molecule has 0 bridgehead atoms. The molecule has 8 nitrogen and oxygen atoms in total. The number of benzene rings is 2. The average Bonchev–Trinajstić information content (AvgIpc) is 3.35. The highest BCUT2D eigenvalue weighted by Crippen LogP contribution is 2.21. The summed E-state index contributed by atoms with van der Waals surface area (Å²) in [6, 6.07) is 15.7. The van der Waals surface area contributed by atoms with E-state index in [2.05, 4.69) is 42.6 Å². The van der Waals surface area contributed by atoms with E-state index in [1.165, 1.54) is 0 Å². The standard InChI is InChI=1S/C17H14N8/c1-2-12-6-8-13(9-7-12)11-25-21-17(20-24-25)15-5-3-4-14(10-15)16-18-22-23-19-16/h2-10H,1,11H2,(H,18,19,22,23). The van der Waals surface area contributed by atoms with Gasteiger partial charge >= 0.3 is 0 Å². The number of nitrogens with one attached hydrogen (secondary N) is 1. The molecule has 2 aromatic carbocycles. The fourth-order valence-electron chi connectivity index (χ4n) is 2.43. The molecule has 0 aliphatic rings. The zero-order valence-electron chi connectivity index (χ0n) is 13.2. The Hall–Kier alpha value is -3.68. The van der Waals surface area contributed by atoms with E-state index < -0.39 is 0 Å². The Bertz CT molecular complexity index is 986. The molecule has 0 fully saturated rings. The van der Waals surface area contributed by atoms with Crippen LogP contribution in [0.5, 0.6) is 0 Å². The van der Waals surface area contributed by atoms with Gasteiger partial charge < -0.3 is 0 Å². The molecule has 122 valence electrons. The van der Waals surface area contributed by atoms with Crippen molar-refractivity contribution < 1.29 is 0 Å². The molecule has 4 rings (SSSR count). The van der Waals surface area contributed by atoms with Crippen molar-refractivity contribution in [3.8, 4) is 22.8 Å². The van der Waals surface area contributed by atoms with Crippen LogP contribution in [0.1, 0.15) is 11.1 Å². The molecular formula is C17H14N8. The van der Waals surface area contributed by atoms with E-state index in [4.69, 9.17) is 0 Å². The first kappa shape index (κ1) is 14.9. The first-order valence-corrected chi connectivity index (χ1v) is 7.65. The summed E-state index contributed by atoms with van der Waals surface area (Å²) in [5.41, 5.74) is 3.85. The highest BCUT2D eigenvalue weighted by atomic mass is 15.6. The number of aromatic amines is 1. The highest BCUT2D eigenvalue weighted by molar-refractivity contribution is 5.65. The summed E-state index contributed by atoms with van der Waals surface area (Å²) >= 11 is 0. The molecule has 0 unspecified atom stereocenters. The van der Waals surface area contributed by atoms with E-state index in [0.717, 1.165) is 22.3 Å². The Morgan fingerprint density at radius 3 is 2.52 bits per heavy atom. The maximum Gasteiger partial charge on any atom is 0.204 e. The molecule has 0 aliphatic carbocycles. The van der Waals surface area contributed by atoms with Crippen molar-refractivity contribution >= 4 is 6.08 Å². The number of hydrogen-bond acceptors (Lipinski definition) is 6. The molecule has 0 amide bonds. The Kier molecular flexibility index (Phi) is 3.83. The van der Waals surface area contributed by atoms with Crippen LogP contribution in [-0.4, -0.2) is 40.8 Å². The van der Waals surface area contributed by atoms with Crippen LogP contribution in [0.3, 0.4) is 0 Å². The summed E-state index contributed by atoms with van der Waals surface area (Å²) in [6.07, 6.45) is 1.81. The topological polar surface area (TPSA) is 98.1 Å². The summed E-state index contributed by atoms with van der Waals surface area (Å²) in [5, 5.41) is 26.7. The number of hydrogen-bond donors (Lipinski definition) is 1. The Morgan fingerprint density at radius 2 is 1.80 bits per heavy atom. The van der Waals surface area contributed by atoms with Gasteiger partial charge in [-0.2, -0.15) is 10.0 Å². The van der Waals surface area contributed by atoms with E-state index in [1.54, 1.807) is 4.80 Å². The summed E-state index contributed by atoms with van der Waals surface area (Å²) < 4.78 is 0. The second-order valence-corrected chi connectivity index (χ2v) is 5.41. The minimum Gasteiger partial charge on any atom is -0.177 e. The molecule has 0 saturated carbocycles. The fraction of sp³-hybridized carbons (Fsp3) is 0.0588. The average molecular weight is 330 g/mol. The summed E-state index contributed by atoms with van der Waals surface area (Å²) in [5.74, 6) is 1.07. The summed E-state index contributed by atoms with van der Waals surface area (Å²) in [4.78, 5) is 1.57. The molecule has 8 heteroatoms. The van der Waals surface area contributed by atoms with Gasteiger partial charge in [0.1, 0.15) is 0 Å². The predicted octanol–water partition coefficient (Wildman–Crippen LogP) is 2.21. The summed E-state index contributed by atoms with van der Waals surface area (Å²) in [7, 11) is 0. The first-order valence-electron chi connectivity index (χ1n) is 7.65. The zero-order valence-corrected chi connectivity index (χ0v) is 13.2. The largest absolute Gasteiger partial charge is 0.204 e. The number of nitrogens with zero attached hydrogens (tertiary/aromatic N) is 7. The van der Waals surface area contributed by atoms with Gasteiger partial charge in [-0.1, -0.05) is 55.1 Å². The van der Waals surface area contributed by atoms with Crippen molar-refractivity contribution in [1.82, 2.24) is 40.8 Å². The zero-order chi connectivity index (χ0) is 17.1. The number of rotatable bonds is 5. The summed E-state index contributed by atoms with van der Waals surface area (Å²) in [6.45, 7) is 4.30. The third kappa shape index (κ3) is 3.18. The monoisotopic (exact) mass is 330 g/mol. The van der Waals surface area contributed by atoms with Crippen molar-refractivity contribution in [2.45, 2.75) is 6.54 Å². The Morgan fingerprint density at radius 1 is 1.00 bits per heavy atom. The second-order valence-electron chi connectivity index (χ2n) is 5.41. The molecule has 4 aromatic rings. The van der Waals surface area contributed by atoms with Gasteiger partial charge in [0, 0.05) is 11.1 Å². The maximum atomic E-state index is 4.45. The van der Waals surface area contributed by atoms with Gasteiger partial charge in [-0.3, -0.25) is 0 Å². The van der Waals surface area contributed by atoms with Gasteiger partial charge in [0.25, 0.3) is 0 Å². The second kappa shape index (κ2) is 6.44. The van der Waals surface area contributed by atoms with E-state index in [9.17, 15) is 0 Å². The van der Waals surface area contributed by atoms with Crippen LogP contribution in [-0.2, 0) is 6.54 Å².